The quantitative estimate of drug-likeness (QED) is 0.574. The number of nitrogens with zero attached hydrogens (tertiary/aromatic N) is 2. The van der Waals surface area contributed by atoms with Crippen LogP contribution in [0, 0.1) is 11.6 Å². The van der Waals surface area contributed by atoms with Crippen molar-refractivity contribution in [3.05, 3.63) is 51.7 Å². The highest BCUT2D eigenvalue weighted by molar-refractivity contribution is 9.10. The number of hydrogen-bond acceptors (Lipinski definition) is 3. The molecule has 1 aromatic heterocycles. The van der Waals surface area contributed by atoms with E-state index < -0.39 is 11.6 Å². The van der Waals surface area contributed by atoms with Crippen molar-refractivity contribution in [3.63, 3.8) is 0 Å². The molecule has 1 saturated carbocycles. The Morgan fingerprint density at radius 3 is 2.62 bits per heavy atom. The van der Waals surface area contributed by atoms with E-state index in [0.29, 0.717) is 32.8 Å². The van der Waals surface area contributed by atoms with E-state index in [9.17, 15) is 8.78 Å². The van der Waals surface area contributed by atoms with Gasteiger partial charge in [-0.3, -0.25) is 0 Å². The molecule has 1 aliphatic carbocycles. The molecule has 1 N–H and O–H groups in total. The molecule has 7 heteroatoms. The molecule has 24 heavy (non-hydrogen) atoms. The summed E-state index contributed by atoms with van der Waals surface area (Å²) in [5.41, 5.74) is 1.18. The summed E-state index contributed by atoms with van der Waals surface area (Å²) in [6.07, 6.45) is 2.05. The minimum absolute atomic E-state index is 0.0867. The molecule has 1 fully saturated rings. The van der Waals surface area contributed by atoms with E-state index in [1.165, 1.54) is 18.2 Å². The van der Waals surface area contributed by atoms with Crippen LogP contribution in [0.5, 0.6) is 0 Å². The van der Waals surface area contributed by atoms with Gasteiger partial charge < -0.3 is 5.32 Å². The van der Waals surface area contributed by atoms with Gasteiger partial charge in [-0.2, -0.15) is 0 Å². The lowest BCUT2D eigenvalue weighted by molar-refractivity contribution is 0.624. The maximum absolute atomic E-state index is 14.6. The molecule has 3 nitrogen and oxygen atoms in total. The molecular weight excluding hydrogens is 400 g/mol. The first-order chi connectivity index (χ1) is 11.5. The second-order valence-electron chi connectivity index (χ2n) is 5.73. The molecule has 0 radical (unpaired) electrons. The van der Waals surface area contributed by atoms with E-state index in [4.69, 9.17) is 11.6 Å². The maximum atomic E-state index is 14.6. The topological polar surface area (TPSA) is 37.8 Å². The largest absolute Gasteiger partial charge is 0.367 e. The Bertz CT molecular complexity index is 940. The van der Waals surface area contributed by atoms with Crippen LogP contribution < -0.4 is 5.32 Å². The van der Waals surface area contributed by atoms with Gasteiger partial charge in [0.1, 0.15) is 17.5 Å². The first-order valence-electron chi connectivity index (χ1n) is 7.40. The monoisotopic (exact) mass is 409 g/mol. The second kappa shape index (κ2) is 5.93. The summed E-state index contributed by atoms with van der Waals surface area (Å²) in [5.74, 6) is -0.450. The summed E-state index contributed by atoms with van der Waals surface area (Å²) in [6, 6.07) is 7.43. The van der Waals surface area contributed by atoms with Gasteiger partial charge in [0.25, 0.3) is 0 Å². The van der Waals surface area contributed by atoms with Crippen molar-refractivity contribution >= 4 is 44.3 Å². The Morgan fingerprint density at radius 2 is 1.92 bits per heavy atom. The summed E-state index contributed by atoms with van der Waals surface area (Å²) < 4.78 is 29.0. The lowest BCUT2D eigenvalue weighted by Crippen LogP contribution is -2.06. The van der Waals surface area contributed by atoms with Crippen molar-refractivity contribution in [2.75, 3.05) is 5.32 Å². The van der Waals surface area contributed by atoms with Crippen molar-refractivity contribution in [2.24, 2.45) is 0 Å². The van der Waals surface area contributed by atoms with Crippen LogP contribution in [0.4, 0.5) is 14.6 Å². The van der Waals surface area contributed by atoms with Gasteiger partial charge in [0.2, 0.25) is 5.28 Å². The predicted octanol–water partition coefficient (Wildman–Crippen LogP) is 5.57. The predicted molar refractivity (Wildman–Crippen MR) is 94.2 cm³/mol. The minimum atomic E-state index is -0.468. The molecule has 3 aromatic rings. The second-order valence-corrected chi connectivity index (χ2v) is 6.99. The van der Waals surface area contributed by atoms with Crippen LogP contribution in [0.2, 0.25) is 5.28 Å². The number of halogens is 4. The third-order valence-electron chi connectivity index (χ3n) is 3.86. The van der Waals surface area contributed by atoms with E-state index in [1.807, 2.05) is 0 Å². The lowest BCUT2D eigenvalue weighted by atomic mass is 10.00. The van der Waals surface area contributed by atoms with Gasteiger partial charge in [-0.1, -0.05) is 15.9 Å². The molecule has 0 bridgehead atoms. The number of hydrogen-bond donors (Lipinski definition) is 1. The van der Waals surface area contributed by atoms with Crippen LogP contribution in [0.25, 0.3) is 22.0 Å². The van der Waals surface area contributed by atoms with E-state index >= 15 is 0 Å². The van der Waals surface area contributed by atoms with Gasteiger partial charge in [0.15, 0.2) is 0 Å². The van der Waals surface area contributed by atoms with Gasteiger partial charge >= 0.3 is 0 Å². The first kappa shape index (κ1) is 15.7. The molecule has 0 saturated heterocycles. The van der Waals surface area contributed by atoms with Gasteiger partial charge in [0.05, 0.1) is 10.9 Å². The molecule has 0 aliphatic heterocycles. The molecule has 0 amide bonds. The lowest BCUT2D eigenvalue weighted by Gasteiger charge is -2.14. The fourth-order valence-electron chi connectivity index (χ4n) is 2.68. The van der Waals surface area contributed by atoms with Crippen molar-refractivity contribution in [1.29, 1.82) is 0 Å². The smallest absolute Gasteiger partial charge is 0.224 e. The zero-order valence-corrected chi connectivity index (χ0v) is 14.6. The van der Waals surface area contributed by atoms with E-state index in [2.05, 4.69) is 31.2 Å². The third kappa shape index (κ3) is 2.96. The number of nitrogens with one attached hydrogen (secondary N) is 1. The highest BCUT2D eigenvalue weighted by Crippen LogP contribution is 2.38. The Balaban J connectivity index is 2.04. The summed E-state index contributed by atoms with van der Waals surface area (Å²) in [4.78, 5) is 8.40. The van der Waals surface area contributed by atoms with Crippen LogP contribution in [-0.4, -0.2) is 16.0 Å². The van der Waals surface area contributed by atoms with Crippen LogP contribution in [0.15, 0.2) is 34.8 Å². The Hall–Kier alpha value is -1.79. The van der Waals surface area contributed by atoms with Gasteiger partial charge in [-0.25, -0.2) is 18.7 Å². The SMILES string of the molecule is Fc1cc(Br)cc(-c2c(F)ccc3nc(Cl)nc(NC4CC4)c23)c1. The fraction of sp³-hybridized carbons (Fsp3) is 0.176. The normalized spacial score (nSPS) is 14.2. The minimum Gasteiger partial charge on any atom is -0.367 e. The highest BCUT2D eigenvalue weighted by atomic mass is 79.9. The molecule has 2 aromatic carbocycles. The molecule has 0 atom stereocenters. The van der Waals surface area contributed by atoms with Crippen molar-refractivity contribution in [1.82, 2.24) is 9.97 Å². The molecule has 4 rings (SSSR count). The maximum Gasteiger partial charge on any atom is 0.224 e. The van der Waals surface area contributed by atoms with Crippen LogP contribution >= 0.6 is 27.5 Å². The number of aromatic nitrogens is 2. The van der Waals surface area contributed by atoms with Crippen LogP contribution in [0.1, 0.15) is 12.8 Å². The standard InChI is InChI=1S/C17H11BrClF2N3/c18-9-5-8(6-10(20)7-9)14-12(21)3-4-13-15(14)16(22-11-1-2-11)24-17(19)23-13/h3-7,11H,1-2H2,(H,22,23,24). The van der Waals surface area contributed by atoms with Gasteiger partial charge in [-0.15, -0.1) is 0 Å². The molecule has 0 unspecified atom stereocenters. The molecule has 0 spiro atoms. The molecule has 122 valence electrons. The summed E-state index contributed by atoms with van der Waals surface area (Å²) in [7, 11) is 0. The fourth-order valence-corrected chi connectivity index (χ4v) is 3.32. The Labute approximate surface area is 150 Å². The number of rotatable bonds is 3. The Kier molecular flexibility index (Phi) is 3.89. The molecule has 1 heterocycles. The summed E-state index contributed by atoms with van der Waals surface area (Å²) in [6.45, 7) is 0. The van der Waals surface area contributed by atoms with Crippen molar-refractivity contribution < 1.29 is 8.78 Å². The van der Waals surface area contributed by atoms with E-state index in [0.717, 1.165) is 12.8 Å². The number of fused-ring (bicyclic) bond motifs is 1. The average Bonchev–Trinajstić information content (AvgIpc) is 3.30. The zero-order valence-electron chi connectivity index (χ0n) is 12.3. The van der Waals surface area contributed by atoms with E-state index in [1.54, 1.807) is 12.1 Å². The van der Waals surface area contributed by atoms with Crippen LogP contribution in [-0.2, 0) is 0 Å². The van der Waals surface area contributed by atoms with E-state index in [-0.39, 0.29) is 10.8 Å². The highest BCUT2D eigenvalue weighted by Gasteiger charge is 2.25. The van der Waals surface area contributed by atoms with Crippen molar-refractivity contribution in [3.8, 4) is 11.1 Å². The zero-order chi connectivity index (χ0) is 16.8. The first-order valence-corrected chi connectivity index (χ1v) is 8.57. The van der Waals surface area contributed by atoms with Gasteiger partial charge in [0, 0.05) is 16.1 Å². The molecular formula is C17H11BrClF2N3. The van der Waals surface area contributed by atoms with Crippen molar-refractivity contribution in [2.45, 2.75) is 18.9 Å². The number of anilines is 1. The summed E-state index contributed by atoms with van der Waals surface area (Å²) in [5, 5.41) is 3.85. The number of benzene rings is 2. The summed E-state index contributed by atoms with van der Waals surface area (Å²) >= 11 is 9.24. The third-order valence-corrected chi connectivity index (χ3v) is 4.48. The van der Waals surface area contributed by atoms with Crippen LogP contribution in [0.3, 0.4) is 0 Å². The average molecular weight is 411 g/mol. The molecule has 1 aliphatic rings. The van der Waals surface area contributed by atoms with Gasteiger partial charge in [-0.05, 0) is 60.3 Å². The Morgan fingerprint density at radius 1 is 1.12 bits per heavy atom.